The average molecular weight is 225 g/mol. The van der Waals surface area contributed by atoms with E-state index in [0.29, 0.717) is 17.6 Å². The molecule has 0 spiro atoms. The van der Waals surface area contributed by atoms with Crippen LogP contribution in [0.25, 0.3) is 0 Å². The Morgan fingerprint density at radius 2 is 2.12 bits per heavy atom. The molecule has 1 saturated heterocycles. The van der Waals surface area contributed by atoms with E-state index in [0.717, 1.165) is 12.8 Å². The van der Waals surface area contributed by atoms with Gasteiger partial charge in [-0.15, -0.1) is 0 Å². The van der Waals surface area contributed by atoms with Gasteiger partial charge in [-0.05, 0) is 25.7 Å². The molecule has 1 fully saturated rings. The van der Waals surface area contributed by atoms with Crippen molar-refractivity contribution in [3.05, 3.63) is 11.7 Å². The van der Waals surface area contributed by atoms with Gasteiger partial charge in [0.25, 0.3) is 5.89 Å². The van der Waals surface area contributed by atoms with E-state index in [9.17, 15) is 0 Å². The summed E-state index contributed by atoms with van der Waals surface area (Å²) < 4.78 is 10.9. The lowest BCUT2D eigenvalue weighted by Crippen LogP contribution is -2.18. The molecule has 2 N–H and O–H groups in total. The first kappa shape index (κ1) is 11.5. The van der Waals surface area contributed by atoms with Gasteiger partial charge in [-0.25, -0.2) is 0 Å². The van der Waals surface area contributed by atoms with Crippen molar-refractivity contribution in [3.63, 3.8) is 0 Å². The van der Waals surface area contributed by atoms with Gasteiger partial charge < -0.3 is 15.0 Å². The summed E-state index contributed by atoms with van der Waals surface area (Å²) in [5, 5.41) is 3.92. The molecule has 0 radical (unpaired) electrons. The topological polar surface area (TPSA) is 74.2 Å². The summed E-state index contributed by atoms with van der Waals surface area (Å²) in [7, 11) is 0. The lowest BCUT2D eigenvalue weighted by atomic mass is 10.1. The molecule has 5 heteroatoms. The summed E-state index contributed by atoms with van der Waals surface area (Å²) in [5.74, 6) is 1.44. The monoisotopic (exact) mass is 225 g/mol. The number of hydrogen-bond acceptors (Lipinski definition) is 5. The molecule has 3 atom stereocenters. The molecule has 1 aliphatic heterocycles. The van der Waals surface area contributed by atoms with Crippen LogP contribution in [0.5, 0.6) is 0 Å². The van der Waals surface area contributed by atoms with Gasteiger partial charge in [0.15, 0.2) is 5.82 Å². The molecule has 2 rings (SSSR count). The zero-order valence-electron chi connectivity index (χ0n) is 10.0. The van der Waals surface area contributed by atoms with Gasteiger partial charge in [-0.2, -0.15) is 4.98 Å². The highest BCUT2D eigenvalue weighted by atomic mass is 16.5. The molecular formula is C11H19N3O2. The molecule has 5 nitrogen and oxygen atoms in total. The van der Waals surface area contributed by atoms with E-state index < -0.39 is 0 Å². The van der Waals surface area contributed by atoms with Crippen LogP contribution < -0.4 is 5.73 Å². The first-order valence-electron chi connectivity index (χ1n) is 5.82. The van der Waals surface area contributed by atoms with Gasteiger partial charge in [0.2, 0.25) is 0 Å². The Kier molecular flexibility index (Phi) is 3.25. The molecule has 0 aromatic carbocycles. The molecule has 0 amide bonds. The summed E-state index contributed by atoms with van der Waals surface area (Å²) >= 11 is 0. The van der Waals surface area contributed by atoms with Crippen molar-refractivity contribution < 1.29 is 9.26 Å². The van der Waals surface area contributed by atoms with Gasteiger partial charge in [-0.1, -0.05) is 19.0 Å². The van der Waals surface area contributed by atoms with Crippen LogP contribution in [0, 0.1) is 5.92 Å². The summed E-state index contributed by atoms with van der Waals surface area (Å²) in [4.78, 5) is 4.32. The lowest BCUT2D eigenvalue weighted by molar-refractivity contribution is 0.0355. The smallest absolute Gasteiger partial charge is 0.255 e. The lowest BCUT2D eigenvalue weighted by Gasteiger charge is -2.09. The van der Waals surface area contributed by atoms with Crippen molar-refractivity contribution in [2.45, 2.75) is 51.9 Å². The fourth-order valence-electron chi connectivity index (χ4n) is 1.80. The standard InChI is InChI=1S/C11H19N3O2/c1-6(2)9(12)10-13-11(16-14-10)8-5-4-7(3)15-8/h6-9H,4-5,12H2,1-3H3. The van der Waals surface area contributed by atoms with Crippen LogP contribution in [0.4, 0.5) is 0 Å². The molecule has 0 aliphatic carbocycles. The van der Waals surface area contributed by atoms with Gasteiger partial charge in [0.05, 0.1) is 12.1 Å². The maximum absolute atomic E-state index is 5.95. The number of nitrogens with two attached hydrogens (primary N) is 1. The van der Waals surface area contributed by atoms with E-state index in [-0.39, 0.29) is 18.2 Å². The minimum atomic E-state index is -0.170. The van der Waals surface area contributed by atoms with E-state index in [1.54, 1.807) is 0 Å². The van der Waals surface area contributed by atoms with Crippen LogP contribution in [-0.2, 0) is 4.74 Å². The highest BCUT2D eigenvalue weighted by molar-refractivity contribution is 4.97. The number of aromatic nitrogens is 2. The second-order valence-corrected chi connectivity index (χ2v) is 4.77. The Hall–Kier alpha value is -0.940. The van der Waals surface area contributed by atoms with Crippen molar-refractivity contribution in [1.82, 2.24) is 10.1 Å². The Labute approximate surface area is 95.3 Å². The fraction of sp³-hybridized carbons (Fsp3) is 0.818. The first-order chi connectivity index (χ1) is 7.58. The normalized spacial score (nSPS) is 27.6. The second-order valence-electron chi connectivity index (χ2n) is 4.77. The molecule has 0 bridgehead atoms. The predicted molar refractivity (Wildman–Crippen MR) is 58.6 cm³/mol. The summed E-state index contributed by atoms with van der Waals surface area (Å²) in [6.45, 7) is 6.13. The zero-order chi connectivity index (χ0) is 11.7. The van der Waals surface area contributed by atoms with E-state index in [1.165, 1.54) is 0 Å². The van der Waals surface area contributed by atoms with Gasteiger partial charge >= 0.3 is 0 Å². The minimum absolute atomic E-state index is 0.0457. The Morgan fingerprint density at radius 1 is 1.38 bits per heavy atom. The van der Waals surface area contributed by atoms with Crippen molar-refractivity contribution in [1.29, 1.82) is 0 Å². The molecule has 1 aromatic rings. The molecule has 3 unspecified atom stereocenters. The summed E-state index contributed by atoms with van der Waals surface area (Å²) in [6, 6.07) is -0.170. The van der Waals surface area contributed by atoms with Gasteiger partial charge in [0.1, 0.15) is 6.10 Å². The summed E-state index contributed by atoms with van der Waals surface area (Å²) in [6.07, 6.45) is 2.22. The average Bonchev–Trinajstić information content (AvgIpc) is 2.84. The van der Waals surface area contributed by atoms with Crippen molar-refractivity contribution in [2.24, 2.45) is 11.7 Å². The predicted octanol–water partition coefficient (Wildman–Crippen LogP) is 1.97. The third-order valence-electron chi connectivity index (χ3n) is 2.98. The first-order valence-corrected chi connectivity index (χ1v) is 5.82. The largest absolute Gasteiger partial charge is 0.365 e. The number of rotatable bonds is 3. The van der Waals surface area contributed by atoms with E-state index in [1.807, 2.05) is 13.8 Å². The molecule has 90 valence electrons. The van der Waals surface area contributed by atoms with Crippen LogP contribution in [-0.4, -0.2) is 16.2 Å². The van der Waals surface area contributed by atoms with E-state index >= 15 is 0 Å². The third-order valence-corrected chi connectivity index (χ3v) is 2.98. The molecular weight excluding hydrogens is 206 g/mol. The van der Waals surface area contributed by atoms with Gasteiger partial charge in [0, 0.05) is 0 Å². The maximum Gasteiger partial charge on any atom is 0.255 e. The van der Waals surface area contributed by atoms with Crippen LogP contribution in [0.2, 0.25) is 0 Å². The Morgan fingerprint density at radius 3 is 2.69 bits per heavy atom. The molecule has 16 heavy (non-hydrogen) atoms. The summed E-state index contributed by atoms with van der Waals surface area (Å²) in [5.41, 5.74) is 5.95. The minimum Gasteiger partial charge on any atom is -0.365 e. The van der Waals surface area contributed by atoms with Crippen LogP contribution in [0.15, 0.2) is 4.52 Å². The van der Waals surface area contributed by atoms with E-state index in [2.05, 4.69) is 17.1 Å². The SMILES string of the molecule is CC1CCC(c2nc(C(N)C(C)C)no2)O1. The Balaban J connectivity index is 2.07. The van der Waals surface area contributed by atoms with Crippen molar-refractivity contribution in [3.8, 4) is 0 Å². The van der Waals surface area contributed by atoms with Crippen LogP contribution in [0.1, 0.15) is 57.5 Å². The number of nitrogens with zero attached hydrogens (tertiary/aromatic N) is 2. The molecule has 2 heterocycles. The Bertz CT molecular complexity index is 351. The quantitative estimate of drug-likeness (QED) is 0.851. The van der Waals surface area contributed by atoms with E-state index in [4.69, 9.17) is 15.0 Å². The maximum atomic E-state index is 5.95. The third kappa shape index (κ3) is 2.25. The zero-order valence-corrected chi connectivity index (χ0v) is 10.0. The molecule has 1 aliphatic rings. The van der Waals surface area contributed by atoms with Crippen molar-refractivity contribution in [2.75, 3.05) is 0 Å². The van der Waals surface area contributed by atoms with Gasteiger partial charge in [-0.3, -0.25) is 0 Å². The fourth-order valence-corrected chi connectivity index (χ4v) is 1.80. The molecule has 0 saturated carbocycles. The molecule has 1 aromatic heterocycles. The van der Waals surface area contributed by atoms with Crippen molar-refractivity contribution >= 4 is 0 Å². The second kappa shape index (κ2) is 4.51. The highest BCUT2D eigenvalue weighted by Crippen LogP contribution is 2.31. The highest BCUT2D eigenvalue weighted by Gasteiger charge is 2.29. The number of ether oxygens (including phenoxy) is 1. The number of hydrogen-bond donors (Lipinski definition) is 1. The van der Waals surface area contributed by atoms with Crippen LogP contribution in [0.3, 0.4) is 0 Å². The van der Waals surface area contributed by atoms with Crippen LogP contribution >= 0.6 is 0 Å².